The first-order valence-corrected chi connectivity index (χ1v) is 6.21. The molecule has 1 aliphatic rings. The lowest BCUT2D eigenvalue weighted by atomic mass is 10.1. The number of hydrogen-bond acceptors (Lipinski definition) is 3. The third-order valence-corrected chi connectivity index (χ3v) is 3.87. The van der Waals surface area contributed by atoms with Crippen LogP contribution in [0, 0.1) is 0 Å². The Balaban J connectivity index is 1.87. The topological polar surface area (TPSA) is 26.3 Å². The van der Waals surface area contributed by atoms with Gasteiger partial charge < -0.3 is 4.74 Å². The van der Waals surface area contributed by atoms with Gasteiger partial charge in [-0.3, -0.25) is 4.79 Å². The summed E-state index contributed by atoms with van der Waals surface area (Å²) >= 11 is 1.64. The fourth-order valence-corrected chi connectivity index (χ4v) is 2.32. The third-order valence-electron chi connectivity index (χ3n) is 2.55. The summed E-state index contributed by atoms with van der Waals surface area (Å²) < 4.78 is 4.98. The zero-order chi connectivity index (χ0) is 11.4. The molecular formula is C13H14O2S. The van der Waals surface area contributed by atoms with Crippen molar-refractivity contribution in [2.24, 2.45) is 0 Å². The van der Waals surface area contributed by atoms with Gasteiger partial charge in [0, 0.05) is 5.75 Å². The number of hydrogen-bond donors (Lipinski definition) is 0. The van der Waals surface area contributed by atoms with Crippen LogP contribution in [0.2, 0.25) is 0 Å². The molecule has 0 spiro atoms. The summed E-state index contributed by atoms with van der Waals surface area (Å²) in [5.41, 5.74) is 1.02. The van der Waals surface area contributed by atoms with Gasteiger partial charge in [0.1, 0.15) is 11.4 Å². The molecule has 1 heterocycles. The second kappa shape index (κ2) is 4.74. The van der Waals surface area contributed by atoms with Gasteiger partial charge in [0.2, 0.25) is 0 Å². The highest BCUT2D eigenvalue weighted by molar-refractivity contribution is 8.08. The van der Waals surface area contributed by atoms with Gasteiger partial charge in [0.25, 0.3) is 0 Å². The molecule has 1 aromatic rings. The van der Waals surface area contributed by atoms with Crippen LogP contribution in [-0.4, -0.2) is 16.5 Å². The first-order valence-electron chi connectivity index (χ1n) is 5.23. The first kappa shape index (κ1) is 11.3. The molecule has 1 aliphatic heterocycles. The Morgan fingerprint density at radius 1 is 1.50 bits per heavy atom. The van der Waals surface area contributed by atoms with Crippen molar-refractivity contribution in [2.75, 3.05) is 5.75 Å². The maximum absolute atomic E-state index is 11.8. The molecule has 0 N–H and O–H groups in total. The summed E-state index contributed by atoms with van der Waals surface area (Å²) in [6, 6.07) is 9.73. The molecule has 2 nitrogen and oxygen atoms in total. The number of thioether (sulfide) groups is 1. The molecule has 1 fully saturated rings. The average Bonchev–Trinajstić information content (AvgIpc) is 3.09. The number of benzene rings is 1. The van der Waals surface area contributed by atoms with Gasteiger partial charge in [0.15, 0.2) is 0 Å². The normalized spacial score (nSPS) is 22.5. The van der Waals surface area contributed by atoms with Gasteiger partial charge in [-0.1, -0.05) is 36.4 Å². The van der Waals surface area contributed by atoms with Crippen LogP contribution in [0.3, 0.4) is 0 Å². The smallest absolute Gasteiger partial charge is 0.323 e. The fraction of sp³-hybridized carbons (Fsp3) is 0.308. The molecule has 0 aliphatic carbocycles. The zero-order valence-electron chi connectivity index (χ0n) is 9.02. The Bertz CT molecular complexity index is 382. The minimum atomic E-state index is -0.323. The lowest BCUT2D eigenvalue weighted by Crippen LogP contribution is -2.24. The van der Waals surface area contributed by atoms with Crippen molar-refractivity contribution in [1.82, 2.24) is 0 Å². The highest BCUT2D eigenvalue weighted by atomic mass is 32.2. The minimum Gasteiger partial charge on any atom is -0.460 e. The second-order valence-electron chi connectivity index (χ2n) is 3.84. The SMILES string of the molecule is C=CC[C@]1(C(=O)OCc2ccccc2)CS1. The Labute approximate surface area is 99.7 Å². The lowest BCUT2D eigenvalue weighted by molar-refractivity contribution is -0.146. The Morgan fingerprint density at radius 3 is 2.75 bits per heavy atom. The summed E-state index contributed by atoms with van der Waals surface area (Å²) in [5, 5.41) is 0. The number of ether oxygens (including phenoxy) is 1. The highest BCUT2D eigenvalue weighted by Gasteiger charge is 2.51. The van der Waals surface area contributed by atoms with Crippen molar-refractivity contribution >= 4 is 17.7 Å². The first-order chi connectivity index (χ1) is 7.77. The van der Waals surface area contributed by atoms with Gasteiger partial charge in [-0.15, -0.1) is 18.3 Å². The van der Waals surface area contributed by atoms with Crippen LogP contribution in [0.4, 0.5) is 0 Å². The average molecular weight is 234 g/mol. The van der Waals surface area contributed by atoms with Crippen LogP contribution in [0.1, 0.15) is 12.0 Å². The Morgan fingerprint density at radius 2 is 2.19 bits per heavy atom. The second-order valence-corrected chi connectivity index (χ2v) is 5.20. The van der Waals surface area contributed by atoms with Crippen molar-refractivity contribution in [2.45, 2.75) is 17.8 Å². The van der Waals surface area contributed by atoms with Gasteiger partial charge >= 0.3 is 5.97 Å². The van der Waals surface area contributed by atoms with E-state index in [1.54, 1.807) is 17.8 Å². The predicted octanol–water partition coefficient (Wildman–Crippen LogP) is 2.79. The van der Waals surface area contributed by atoms with Crippen LogP contribution in [0.15, 0.2) is 43.0 Å². The summed E-state index contributed by atoms with van der Waals surface area (Å²) in [7, 11) is 0. The number of rotatable bonds is 5. The molecule has 1 atom stereocenters. The third kappa shape index (κ3) is 2.47. The number of allylic oxidation sites excluding steroid dienone is 1. The Hall–Kier alpha value is -1.22. The van der Waals surface area contributed by atoms with Crippen molar-refractivity contribution in [3.8, 4) is 0 Å². The van der Waals surface area contributed by atoms with Gasteiger partial charge in [-0.2, -0.15) is 0 Å². The van der Waals surface area contributed by atoms with Gasteiger partial charge in [0.05, 0.1) is 0 Å². The lowest BCUT2D eigenvalue weighted by Gasteiger charge is -2.10. The molecule has 1 saturated heterocycles. The standard InChI is InChI=1S/C13H14O2S/c1-2-8-13(10-16-13)12(14)15-9-11-6-4-3-5-7-11/h2-7H,1,8-10H2/t13-/m1/s1. The van der Waals surface area contributed by atoms with Crippen molar-refractivity contribution in [1.29, 1.82) is 0 Å². The van der Waals surface area contributed by atoms with E-state index in [1.165, 1.54) is 0 Å². The van der Waals surface area contributed by atoms with Crippen LogP contribution in [-0.2, 0) is 16.1 Å². The molecule has 16 heavy (non-hydrogen) atoms. The molecule has 0 amide bonds. The van der Waals surface area contributed by atoms with E-state index in [0.29, 0.717) is 13.0 Å². The molecule has 0 radical (unpaired) electrons. The summed E-state index contributed by atoms with van der Waals surface area (Å²) in [4.78, 5) is 11.8. The van der Waals surface area contributed by atoms with E-state index in [9.17, 15) is 4.79 Å². The molecule has 84 valence electrons. The summed E-state index contributed by atoms with van der Waals surface area (Å²) in [6.07, 6.45) is 2.48. The molecule has 0 aromatic heterocycles. The maximum atomic E-state index is 11.8. The van der Waals surface area contributed by atoms with E-state index in [-0.39, 0.29) is 10.7 Å². The van der Waals surface area contributed by atoms with Gasteiger partial charge in [-0.05, 0) is 12.0 Å². The number of carbonyl (C=O) groups excluding carboxylic acids is 1. The van der Waals surface area contributed by atoms with Crippen molar-refractivity contribution < 1.29 is 9.53 Å². The highest BCUT2D eigenvalue weighted by Crippen LogP contribution is 2.48. The van der Waals surface area contributed by atoms with E-state index in [2.05, 4.69) is 6.58 Å². The van der Waals surface area contributed by atoms with Crippen LogP contribution < -0.4 is 0 Å². The van der Waals surface area contributed by atoms with E-state index in [0.717, 1.165) is 11.3 Å². The van der Waals surface area contributed by atoms with Gasteiger partial charge in [-0.25, -0.2) is 0 Å². The maximum Gasteiger partial charge on any atom is 0.323 e. The molecule has 0 saturated carbocycles. The molecule has 2 rings (SSSR count). The van der Waals surface area contributed by atoms with Crippen molar-refractivity contribution in [3.05, 3.63) is 48.6 Å². The monoisotopic (exact) mass is 234 g/mol. The molecule has 0 bridgehead atoms. The Kier molecular flexibility index (Phi) is 3.34. The molecule has 3 heteroatoms. The largest absolute Gasteiger partial charge is 0.460 e. The number of carbonyl (C=O) groups is 1. The molecule has 1 aromatic carbocycles. The van der Waals surface area contributed by atoms with Crippen LogP contribution >= 0.6 is 11.8 Å². The number of esters is 1. The quantitative estimate of drug-likeness (QED) is 0.445. The van der Waals surface area contributed by atoms with E-state index in [4.69, 9.17) is 4.74 Å². The summed E-state index contributed by atoms with van der Waals surface area (Å²) in [5.74, 6) is 0.744. The zero-order valence-corrected chi connectivity index (χ0v) is 9.83. The van der Waals surface area contributed by atoms with E-state index in [1.807, 2.05) is 30.3 Å². The molecular weight excluding hydrogens is 220 g/mol. The van der Waals surface area contributed by atoms with E-state index >= 15 is 0 Å². The van der Waals surface area contributed by atoms with E-state index < -0.39 is 0 Å². The van der Waals surface area contributed by atoms with Crippen LogP contribution in [0.25, 0.3) is 0 Å². The van der Waals surface area contributed by atoms with Crippen LogP contribution in [0.5, 0.6) is 0 Å². The molecule has 0 unspecified atom stereocenters. The van der Waals surface area contributed by atoms with Crippen molar-refractivity contribution in [3.63, 3.8) is 0 Å². The summed E-state index contributed by atoms with van der Waals surface area (Å²) in [6.45, 7) is 4.03. The predicted molar refractivity (Wildman–Crippen MR) is 66.2 cm³/mol. The fourth-order valence-electron chi connectivity index (χ4n) is 1.49. The minimum absolute atomic E-state index is 0.110.